The average molecular weight is 246 g/mol. The van der Waals surface area contributed by atoms with E-state index >= 15 is 0 Å². The molecule has 1 amide bonds. The standard InChI is InChI=1S/C10H16BrNO/c1-6(5-11)12-10(13)9-7-3-2-4-8(7)9/h6-9H,2-5H2,1H3,(H,12,13). The van der Waals surface area contributed by atoms with Crippen molar-refractivity contribution in [2.45, 2.75) is 32.2 Å². The molecule has 1 N–H and O–H groups in total. The van der Waals surface area contributed by atoms with E-state index in [-0.39, 0.29) is 6.04 Å². The molecule has 3 unspecified atom stereocenters. The zero-order valence-corrected chi connectivity index (χ0v) is 9.51. The number of amides is 1. The lowest BCUT2D eigenvalue weighted by molar-refractivity contribution is -0.123. The van der Waals surface area contributed by atoms with E-state index in [1.807, 2.05) is 6.92 Å². The highest BCUT2D eigenvalue weighted by Gasteiger charge is 2.56. The molecule has 2 rings (SSSR count). The Labute approximate surface area is 87.6 Å². The Kier molecular flexibility index (Phi) is 2.63. The van der Waals surface area contributed by atoms with Crippen molar-refractivity contribution in [3.63, 3.8) is 0 Å². The number of fused-ring (bicyclic) bond motifs is 1. The number of hydrogen-bond acceptors (Lipinski definition) is 1. The summed E-state index contributed by atoms with van der Waals surface area (Å²) in [5.74, 6) is 2.14. The SMILES string of the molecule is CC(CBr)NC(=O)C1C2CCCC21. The zero-order chi connectivity index (χ0) is 9.42. The second kappa shape index (κ2) is 3.60. The van der Waals surface area contributed by atoms with Gasteiger partial charge in [0.2, 0.25) is 5.91 Å². The second-order valence-electron chi connectivity index (χ2n) is 4.35. The highest BCUT2D eigenvalue weighted by atomic mass is 79.9. The van der Waals surface area contributed by atoms with Crippen LogP contribution in [0.4, 0.5) is 0 Å². The largest absolute Gasteiger partial charge is 0.353 e. The van der Waals surface area contributed by atoms with E-state index in [0.717, 1.165) is 17.2 Å². The summed E-state index contributed by atoms with van der Waals surface area (Å²) in [5, 5.41) is 3.88. The molecule has 0 spiro atoms. The Balaban J connectivity index is 1.80. The number of halogens is 1. The first-order chi connectivity index (χ1) is 6.24. The van der Waals surface area contributed by atoms with Crippen LogP contribution in [0.1, 0.15) is 26.2 Å². The molecule has 74 valence electrons. The lowest BCUT2D eigenvalue weighted by Gasteiger charge is -2.11. The normalized spacial score (nSPS) is 38.2. The van der Waals surface area contributed by atoms with Crippen molar-refractivity contribution < 1.29 is 4.79 Å². The van der Waals surface area contributed by atoms with E-state index in [4.69, 9.17) is 0 Å². The summed E-state index contributed by atoms with van der Waals surface area (Å²) in [7, 11) is 0. The van der Waals surface area contributed by atoms with Crippen molar-refractivity contribution in [3.05, 3.63) is 0 Å². The van der Waals surface area contributed by atoms with E-state index in [1.165, 1.54) is 19.3 Å². The van der Waals surface area contributed by atoms with Crippen LogP contribution in [-0.2, 0) is 4.79 Å². The van der Waals surface area contributed by atoms with Crippen LogP contribution in [-0.4, -0.2) is 17.3 Å². The molecule has 2 aliphatic rings. The van der Waals surface area contributed by atoms with Crippen molar-refractivity contribution in [1.82, 2.24) is 5.32 Å². The summed E-state index contributed by atoms with van der Waals surface area (Å²) in [6.07, 6.45) is 3.91. The Morgan fingerprint density at radius 1 is 1.54 bits per heavy atom. The van der Waals surface area contributed by atoms with Gasteiger partial charge >= 0.3 is 0 Å². The third-order valence-electron chi connectivity index (χ3n) is 3.33. The molecule has 0 aromatic rings. The predicted octanol–water partition coefficient (Wildman–Crippen LogP) is 1.93. The Morgan fingerprint density at radius 2 is 2.15 bits per heavy atom. The fourth-order valence-electron chi connectivity index (χ4n) is 2.59. The molecule has 0 aliphatic heterocycles. The van der Waals surface area contributed by atoms with Gasteiger partial charge in [-0.15, -0.1) is 0 Å². The highest BCUT2D eigenvalue weighted by molar-refractivity contribution is 9.09. The maximum absolute atomic E-state index is 11.7. The van der Waals surface area contributed by atoms with E-state index in [9.17, 15) is 4.79 Å². The Hall–Kier alpha value is -0.0500. The number of carbonyl (C=O) groups excluding carboxylic acids is 1. The number of alkyl halides is 1. The first-order valence-corrected chi connectivity index (χ1v) is 6.22. The quantitative estimate of drug-likeness (QED) is 0.757. The topological polar surface area (TPSA) is 29.1 Å². The maximum atomic E-state index is 11.7. The van der Waals surface area contributed by atoms with Gasteiger partial charge in [-0.25, -0.2) is 0 Å². The second-order valence-corrected chi connectivity index (χ2v) is 5.00. The van der Waals surface area contributed by atoms with Crippen LogP contribution in [0.5, 0.6) is 0 Å². The molecule has 2 nitrogen and oxygen atoms in total. The first kappa shape index (κ1) is 9.50. The summed E-state index contributed by atoms with van der Waals surface area (Å²) >= 11 is 3.36. The minimum Gasteiger partial charge on any atom is -0.353 e. The summed E-state index contributed by atoms with van der Waals surface area (Å²) in [4.78, 5) is 11.7. The van der Waals surface area contributed by atoms with Gasteiger partial charge in [0.15, 0.2) is 0 Å². The highest BCUT2D eigenvalue weighted by Crippen LogP contribution is 2.57. The van der Waals surface area contributed by atoms with Crippen molar-refractivity contribution in [3.8, 4) is 0 Å². The van der Waals surface area contributed by atoms with Crippen LogP contribution < -0.4 is 5.32 Å². The minimum atomic E-state index is 0.272. The third kappa shape index (κ3) is 1.76. The predicted molar refractivity (Wildman–Crippen MR) is 55.7 cm³/mol. The molecule has 2 saturated carbocycles. The van der Waals surface area contributed by atoms with Crippen LogP contribution >= 0.6 is 15.9 Å². The Morgan fingerprint density at radius 3 is 2.69 bits per heavy atom. The number of rotatable bonds is 3. The average Bonchev–Trinajstić information content (AvgIpc) is 2.61. The van der Waals surface area contributed by atoms with Gasteiger partial charge in [0.05, 0.1) is 0 Å². The molecule has 3 atom stereocenters. The fourth-order valence-corrected chi connectivity index (χ4v) is 2.75. The molecule has 2 fully saturated rings. The van der Waals surface area contributed by atoms with Gasteiger partial charge in [-0.1, -0.05) is 22.4 Å². The van der Waals surface area contributed by atoms with Gasteiger partial charge in [0.1, 0.15) is 0 Å². The summed E-state index contributed by atoms with van der Waals surface area (Å²) in [6.45, 7) is 2.03. The van der Waals surface area contributed by atoms with Gasteiger partial charge in [0.25, 0.3) is 0 Å². The Bertz CT molecular complexity index is 209. The van der Waals surface area contributed by atoms with Gasteiger partial charge in [-0.3, -0.25) is 4.79 Å². The third-order valence-corrected chi connectivity index (χ3v) is 4.30. The molecule has 3 heteroatoms. The molecule has 0 radical (unpaired) electrons. The smallest absolute Gasteiger partial charge is 0.223 e. The molecule has 2 aliphatic carbocycles. The number of nitrogens with one attached hydrogen (secondary N) is 1. The molecular weight excluding hydrogens is 230 g/mol. The van der Waals surface area contributed by atoms with E-state index in [1.54, 1.807) is 0 Å². The van der Waals surface area contributed by atoms with E-state index in [0.29, 0.717) is 11.8 Å². The van der Waals surface area contributed by atoms with Gasteiger partial charge in [-0.05, 0) is 31.6 Å². The summed E-state index contributed by atoms with van der Waals surface area (Å²) in [5.41, 5.74) is 0. The number of hydrogen-bond donors (Lipinski definition) is 1. The van der Waals surface area contributed by atoms with Gasteiger partial charge < -0.3 is 5.32 Å². The molecule has 0 aromatic heterocycles. The molecule has 0 saturated heterocycles. The maximum Gasteiger partial charge on any atom is 0.223 e. The summed E-state index contributed by atoms with van der Waals surface area (Å²) < 4.78 is 0. The molecule has 0 aromatic carbocycles. The van der Waals surface area contributed by atoms with Crippen LogP contribution in [0.25, 0.3) is 0 Å². The van der Waals surface area contributed by atoms with Crippen molar-refractivity contribution >= 4 is 21.8 Å². The minimum absolute atomic E-state index is 0.272. The monoisotopic (exact) mass is 245 g/mol. The van der Waals surface area contributed by atoms with Gasteiger partial charge in [0, 0.05) is 17.3 Å². The van der Waals surface area contributed by atoms with Crippen molar-refractivity contribution in [1.29, 1.82) is 0 Å². The fraction of sp³-hybridized carbons (Fsp3) is 0.900. The zero-order valence-electron chi connectivity index (χ0n) is 7.92. The lowest BCUT2D eigenvalue weighted by Crippen LogP contribution is -2.35. The summed E-state index contributed by atoms with van der Waals surface area (Å²) in [6, 6.07) is 0.272. The van der Waals surface area contributed by atoms with E-state index < -0.39 is 0 Å². The molecule has 13 heavy (non-hydrogen) atoms. The number of carbonyl (C=O) groups is 1. The molecule has 0 heterocycles. The van der Waals surface area contributed by atoms with Crippen LogP contribution in [0, 0.1) is 17.8 Å². The van der Waals surface area contributed by atoms with Crippen LogP contribution in [0.3, 0.4) is 0 Å². The van der Waals surface area contributed by atoms with Gasteiger partial charge in [-0.2, -0.15) is 0 Å². The van der Waals surface area contributed by atoms with E-state index in [2.05, 4.69) is 21.2 Å². The molecular formula is C10H16BrNO. The molecule has 0 bridgehead atoms. The lowest BCUT2D eigenvalue weighted by atomic mass is 10.1. The van der Waals surface area contributed by atoms with Crippen molar-refractivity contribution in [2.24, 2.45) is 17.8 Å². The van der Waals surface area contributed by atoms with Crippen molar-refractivity contribution in [2.75, 3.05) is 5.33 Å². The van der Waals surface area contributed by atoms with Crippen LogP contribution in [0.2, 0.25) is 0 Å². The first-order valence-electron chi connectivity index (χ1n) is 5.10. The van der Waals surface area contributed by atoms with Crippen LogP contribution in [0.15, 0.2) is 0 Å².